The highest BCUT2D eigenvalue weighted by Crippen LogP contribution is 3.04. The van der Waals surface area contributed by atoms with E-state index in [0.29, 0.717) is 0 Å². The zero-order chi connectivity index (χ0) is 5.52. The Balaban J connectivity index is 1.86. The highest BCUT2D eigenvalue weighted by atomic mass is 15.0. The molecule has 8 heavy (non-hydrogen) atoms. The molecule has 3 fully saturated rings. The van der Waals surface area contributed by atoms with Crippen molar-refractivity contribution in [1.29, 1.82) is 0 Å². The maximum atomic E-state index is 2.43. The zero-order valence-corrected chi connectivity index (χ0v) is 5.52. The molecule has 3 aliphatic carbocycles. The molecule has 0 aromatic rings. The lowest BCUT2D eigenvalue weighted by molar-refractivity contribution is 0.582. The predicted molar refractivity (Wildman–Crippen MR) is 32.4 cm³/mol. The lowest BCUT2D eigenvalue weighted by Gasteiger charge is -1.90. The van der Waals surface area contributed by atoms with E-state index in [1.54, 1.807) is 0 Å². The molecule has 5 atom stereocenters. The summed E-state index contributed by atoms with van der Waals surface area (Å²) in [5, 5.41) is 0. The molecule has 1 spiro atoms. The Labute approximate surface area is 50.3 Å². The molecule has 0 aromatic carbocycles. The average Bonchev–Trinajstić information content (AvgIpc) is 2.52. The predicted octanol–water partition coefficient (Wildman–Crippen LogP) is 1.91. The van der Waals surface area contributed by atoms with Gasteiger partial charge in [-0.15, -0.1) is 0 Å². The van der Waals surface area contributed by atoms with Gasteiger partial charge in [0, 0.05) is 0 Å². The molecule has 0 heteroatoms. The Hall–Kier alpha value is 0. The van der Waals surface area contributed by atoms with Gasteiger partial charge in [-0.05, 0) is 29.1 Å². The Morgan fingerprint density at radius 2 is 2.12 bits per heavy atom. The molecule has 0 N–H and O–H groups in total. The lowest BCUT2D eigenvalue weighted by atomic mass is 10.1. The number of fused-ring (bicyclic) bond motifs is 1. The van der Waals surface area contributed by atoms with E-state index in [0.717, 1.165) is 11.3 Å². The van der Waals surface area contributed by atoms with Gasteiger partial charge in [-0.25, -0.2) is 0 Å². The second-order valence-electron chi connectivity index (χ2n) is 3.85. The first-order chi connectivity index (χ1) is 3.85. The smallest absolute Gasteiger partial charge is 0.0170 e. The second kappa shape index (κ2) is 0.698. The van der Waals surface area contributed by atoms with E-state index in [1.807, 2.05) is 0 Å². The van der Waals surface area contributed by atoms with Crippen molar-refractivity contribution in [1.82, 2.24) is 0 Å². The summed E-state index contributed by atoms with van der Waals surface area (Å²) in [4.78, 5) is 0. The summed E-state index contributed by atoms with van der Waals surface area (Å²) in [5.41, 5.74) is 1.01. The fourth-order valence-electron chi connectivity index (χ4n) is 3.49. The fraction of sp³-hybridized carbons (Fsp3) is 1.00. The van der Waals surface area contributed by atoms with Crippen LogP contribution in [0.2, 0.25) is 0 Å². The molecule has 3 aliphatic rings. The third-order valence-corrected chi connectivity index (χ3v) is 4.06. The first-order valence-corrected chi connectivity index (χ1v) is 3.85. The maximum absolute atomic E-state index is 2.43. The molecule has 0 saturated heterocycles. The minimum absolute atomic E-state index is 1.01. The summed E-state index contributed by atoms with van der Waals surface area (Å²) in [7, 11) is 0. The van der Waals surface area contributed by atoms with Crippen LogP contribution < -0.4 is 0 Å². The van der Waals surface area contributed by atoms with E-state index >= 15 is 0 Å². The molecule has 0 aliphatic heterocycles. The van der Waals surface area contributed by atoms with Gasteiger partial charge in [0.15, 0.2) is 0 Å². The van der Waals surface area contributed by atoms with Gasteiger partial charge >= 0.3 is 0 Å². The van der Waals surface area contributed by atoms with E-state index < -0.39 is 0 Å². The van der Waals surface area contributed by atoms with Crippen molar-refractivity contribution < 1.29 is 0 Å². The van der Waals surface area contributed by atoms with Gasteiger partial charge in [0.25, 0.3) is 0 Å². The summed E-state index contributed by atoms with van der Waals surface area (Å²) in [6.07, 6.45) is 1.46. The third kappa shape index (κ3) is 0.146. The molecule has 0 nitrogen and oxygen atoms in total. The van der Waals surface area contributed by atoms with Gasteiger partial charge < -0.3 is 0 Å². The number of rotatable bonds is 1. The summed E-state index contributed by atoms with van der Waals surface area (Å²) < 4.78 is 0. The normalized spacial score (nSPS) is 80.2. The molecular formula is C8H12. The van der Waals surface area contributed by atoms with Gasteiger partial charge in [0.2, 0.25) is 0 Å². The van der Waals surface area contributed by atoms with Crippen LogP contribution >= 0.6 is 0 Å². The minimum Gasteiger partial charge on any atom is -0.0651 e. The van der Waals surface area contributed by atoms with Gasteiger partial charge in [-0.2, -0.15) is 0 Å². The zero-order valence-electron chi connectivity index (χ0n) is 5.52. The maximum Gasteiger partial charge on any atom is -0.0170 e. The number of hydrogen-bond donors (Lipinski definition) is 0. The molecule has 5 unspecified atom stereocenters. The quantitative estimate of drug-likeness (QED) is 0.481. The van der Waals surface area contributed by atoms with Crippen LogP contribution in [0.25, 0.3) is 0 Å². The third-order valence-electron chi connectivity index (χ3n) is 4.06. The van der Waals surface area contributed by atoms with Crippen LogP contribution in [0.1, 0.15) is 20.3 Å². The first-order valence-electron chi connectivity index (χ1n) is 3.85. The van der Waals surface area contributed by atoms with Crippen LogP contribution in [0.4, 0.5) is 0 Å². The number of hydrogen-bond acceptors (Lipinski definition) is 0. The Morgan fingerprint density at radius 3 is 2.25 bits per heavy atom. The van der Waals surface area contributed by atoms with Crippen molar-refractivity contribution >= 4 is 0 Å². The van der Waals surface area contributed by atoms with E-state index in [9.17, 15) is 0 Å². The van der Waals surface area contributed by atoms with Crippen LogP contribution in [0.3, 0.4) is 0 Å². The van der Waals surface area contributed by atoms with Crippen LogP contribution in [0, 0.1) is 29.1 Å². The van der Waals surface area contributed by atoms with Crippen molar-refractivity contribution in [2.75, 3.05) is 0 Å². The molecule has 44 valence electrons. The lowest BCUT2D eigenvalue weighted by Crippen LogP contribution is -1.84. The summed E-state index contributed by atoms with van der Waals surface area (Å²) in [6.45, 7) is 4.77. The fourth-order valence-corrected chi connectivity index (χ4v) is 3.49. The van der Waals surface area contributed by atoms with Crippen molar-refractivity contribution in [2.45, 2.75) is 20.3 Å². The van der Waals surface area contributed by atoms with E-state index in [4.69, 9.17) is 0 Å². The Kier molecular flexibility index (Phi) is 0.342. The highest BCUT2D eigenvalue weighted by Gasteiger charge is 3.00. The molecule has 0 bridgehead atoms. The van der Waals surface area contributed by atoms with Crippen LogP contribution in [0.5, 0.6) is 0 Å². The first kappa shape index (κ1) is 3.92. The summed E-state index contributed by atoms with van der Waals surface area (Å²) >= 11 is 0. The van der Waals surface area contributed by atoms with Crippen LogP contribution in [-0.4, -0.2) is 0 Å². The van der Waals surface area contributed by atoms with Gasteiger partial charge in [-0.3, -0.25) is 0 Å². The van der Waals surface area contributed by atoms with Crippen molar-refractivity contribution in [2.24, 2.45) is 29.1 Å². The van der Waals surface area contributed by atoms with E-state index in [-0.39, 0.29) is 0 Å². The SMILES string of the molecule is CCC1C2C3C(C)C132. The van der Waals surface area contributed by atoms with E-state index in [1.165, 1.54) is 24.2 Å². The van der Waals surface area contributed by atoms with E-state index in [2.05, 4.69) is 13.8 Å². The van der Waals surface area contributed by atoms with Crippen LogP contribution in [-0.2, 0) is 0 Å². The average molecular weight is 108 g/mol. The molecule has 0 heterocycles. The standard InChI is InChI=1S/C8H12/c1-3-5-7-6-4(2)8(5,6)7/h4-7H,3H2,1-2H3. The summed E-state index contributed by atoms with van der Waals surface area (Å²) in [5.74, 6) is 4.84. The monoisotopic (exact) mass is 108 g/mol. The molecule has 0 amide bonds. The second-order valence-corrected chi connectivity index (χ2v) is 3.85. The van der Waals surface area contributed by atoms with Crippen LogP contribution in [0.15, 0.2) is 0 Å². The summed E-state index contributed by atoms with van der Waals surface area (Å²) in [6, 6.07) is 0. The topological polar surface area (TPSA) is 0 Å². The molecule has 3 saturated carbocycles. The molecule has 0 aromatic heterocycles. The molecule has 3 rings (SSSR count). The highest BCUT2D eigenvalue weighted by molar-refractivity contribution is 5.47. The van der Waals surface area contributed by atoms with Gasteiger partial charge in [-0.1, -0.05) is 20.3 Å². The Morgan fingerprint density at radius 1 is 1.38 bits per heavy atom. The Bertz CT molecular complexity index is 155. The van der Waals surface area contributed by atoms with Crippen molar-refractivity contribution in [3.8, 4) is 0 Å². The molecular weight excluding hydrogens is 96.1 g/mol. The largest absolute Gasteiger partial charge is 0.0651 e. The molecule has 0 radical (unpaired) electrons. The van der Waals surface area contributed by atoms with Gasteiger partial charge in [0.1, 0.15) is 0 Å². The minimum atomic E-state index is 1.01. The van der Waals surface area contributed by atoms with Crippen molar-refractivity contribution in [3.63, 3.8) is 0 Å². The van der Waals surface area contributed by atoms with Gasteiger partial charge in [0.05, 0.1) is 0 Å². The van der Waals surface area contributed by atoms with Crippen molar-refractivity contribution in [3.05, 3.63) is 0 Å².